The molecule has 1 N–H and O–H groups in total. The molecular formula is C17H23FN2O. The van der Waals surface area contributed by atoms with E-state index in [1.54, 1.807) is 12.1 Å². The van der Waals surface area contributed by atoms with Gasteiger partial charge in [-0.3, -0.25) is 4.79 Å². The van der Waals surface area contributed by atoms with Crippen molar-refractivity contribution < 1.29 is 9.18 Å². The zero-order valence-corrected chi connectivity index (χ0v) is 12.4. The third-order valence-electron chi connectivity index (χ3n) is 4.47. The van der Waals surface area contributed by atoms with E-state index in [9.17, 15) is 9.18 Å². The lowest BCUT2D eigenvalue weighted by atomic mass is 9.95. The van der Waals surface area contributed by atoms with Gasteiger partial charge in [0.05, 0.1) is 0 Å². The van der Waals surface area contributed by atoms with Crippen molar-refractivity contribution in [2.45, 2.75) is 44.7 Å². The molecule has 21 heavy (non-hydrogen) atoms. The Morgan fingerprint density at radius 2 is 2.10 bits per heavy atom. The van der Waals surface area contributed by atoms with Gasteiger partial charge in [0.1, 0.15) is 5.82 Å². The molecule has 1 unspecified atom stereocenters. The Morgan fingerprint density at radius 3 is 2.76 bits per heavy atom. The number of hydrogen-bond donors (Lipinski definition) is 1. The quantitative estimate of drug-likeness (QED) is 0.904. The van der Waals surface area contributed by atoms with Gasteiger partial charge in [-0.25, -0.2) is 4.39 Å². The molecule has 1 aromatic carbocycles. The molecule has 3 nitrogen and oxygen atoms in total. The molecule has 1 saturated carbocycles. The summed E-state index contributed by atoms with van der Waals surface area (Å²) in [6, 6.07) is 7.10. The van der Waals surface area contributed by atoms with E-state index < -0.39 is 0 Å². The molecule has 1 atom stereocenters. The van der Waals surface area contributed by atoms with E-state index in [1.807, 2.05) is 11.0 Å². The van der Waals surface area contributed by atoms with Crippen LogP contribution in [0.3, 0.4) is 0 Å². The maximum Gasteiger partial charge on any atom is 0.223 e. The number of amides is 1. The molecule has 1 aliphatic carbocycles. The molecule has 1 saturated heterocycles. The molecule has 1 amide bonds. The molecule has 3 rings (SSSR count). The average Bonchev–Trinajstić information content (AvgIpc) is 3.32. The fourth-order valence-electron chi connectivity index (χ4n) is 3.08. The van der Waals surface area contributed by atoms with Crippen LogP contribution < -0.4 is 5.32 Å². The number of carbonyl (C=O) groups excluding carboxylic acids is 1. The van der Waals surface area contributed by atoms with Gasteiger partial charge in [0.15, 0.2) is 0 Å². The van der Waals surface area contributed by atoms with E-state index >= 15 is 0 Å². The molecular weight excluding hydrogens is 267 g/mol. The first-order valence-electron chi connectivity index (χ1n) is 7.97. The van der Waals surface area contributed by atoms with Gasteiger partial charge in [0.25, 0.3) is 0 Å². The SMILES string of the molecule is O=C(CC1CCCNC1)N(Cc1ccccc1F)C1CC1. The van der Waals surface area contributed by atoms with Crippen LogP contribution in [0.15, 0.2) is 24.3 Å². The lowest BCUT2D eigenvalue weighted by Gasteiger charge is -2.27. The lowest BCUT2D eigenvalue weighted by molar-refractivity contribution is -0.133. The third kappa shape index (κ3) is 3.82. The van der Waals surface area contributed by atoms with Crippen LogP contribution in [0.1, 0.15) is 37.7 Å². The maximum atomic E-state index is 13.8. The summed E-state index contributed by atoms with van der Waals surface area (Å²) in [5.41, 5.74) is 0.625. The van der Waals surface area contributed by atoms with Crippen LogP contribution in [0.4, 0.5) is 4.39 Å². The number of benzene rings is 1. The Kier molecular flexibility index (Phi) is 4.54. The van der Waals surface area contributed by atoms with Crippen molar-refractivity contribution in [3.63, 3.8) is 0 Å². The molecule has 0 bridgehead atoms. The summed E-state index contributed by atoms with van der Waals surface area (Å²) in [5.74, 6) is 0.415. The fraction of sp³-hybridized carbons (Fsp3) is 0.588. The smallest absolute Gasteiger partial charge is 0.223 e. The van der Waals surface area contributed by atoms with Crippen molar-refractivity contribution in [3.8, 4) is 0 Å². The standard InChI is InChI=1S/C17H23FN2O/c18-16-6-2-1-5-14(16)12-20(15-7-8-15)17(21)10-13-4-3-9-19-11-13/h1-2,5-6,13,15,19H,3-4,7-12H2. The van der Waals surface area contributed by atoms with E-state index in [1.165, 1.54) is 6.07 Å². The Hall–Kier alpha value is -1.42. The van der Waals surface area contributed by atoms with Gasteiger partial charge in [-0.1, -0.05) is 18.2 Å². The average molecular weight is 290 g/mol. The maximum absolute atomic E-state index is 13.8. The summed E-state index contributed by atoms with van der Waals surface area (Å²) in [7, 11) is 0. The highest BCUT2D eigenvalue weighted by molar-refractivity contribution is 5.77. The number of halogens is 1. The van der Waals surface area contributed by atoms with Gasteiger partial charge in [0.2, 0.25) is 5.91 Å². The van der Waals surface area contributed by atoms with Crippen molar-refractivity contribution in [1.29, 1.82) is 0 Å². The van der Waals surface area contributed by atoms with Crippen LogP contribution >= 0.6 is 0 Å². The van der Waals surface area contributed by atoms with Gasteiger partial charge in [-0.2, -0.15) is 0 Å². The minimum absolute atomic E-state index is 0.189. The molecule has 1 heterocycles. The Bertz CT molecular complexity index is 495. The Labute approximate surface area is 125 Å². The largest absolute Gasteiger partial charge is 0.335 e. The summed E-state index contributed by atoms with van der Waals surface area (Å²) in [4.78, 5) is 14.5. The number of nitrogens with zero attached hydrogens (tertiary/aromatic N) is 1. The van der Waals surface area contributed by atoms with Crippen molar-refractivity contribution in [1.82, 2.24) is 10.2 Å². The number of carbonyl (C=O) groups is 1. The van der Waals surface area contributed by atoms with Crippen LogP contribution in [0.2, 0.25) is 0 Å². The molecule has 2 fully saturated rings. The molecule has 4 heteroatoms. The zero-order valence-electron chi connectivity index (χ0n) is 12.4. The van der Waals surface area contributed by atoms with Gasteiger partial charge >= 0.3 is 0 Å². The van der Waals surface area contributed by atoms with Crippen molar-refractivity contribution in [2.75, 3.05) is 13.1 Å². The van der Waals surface area contributed by atoms with E-state index in [4.69, 9.17) is 0 Å². The first-order valence-corrected chi connectivity index (χ1v) is 7.97. The van der Waals surface area contributed by atoms with Crippen LogP contribution in [-0.4, -0.2) is 29.9 Å². The first-order chi connectivity index (χ1) is 10.2. The predicted molar refractivity (Wildman–Crippen MR) is 80.2 cm³/mol. The van der Waals surface area contributed by atoms with E-state index in [2.05, 4.69) is 5.32 Å². The summed E-state index contributed by atoms with van der Waals surface area (Å²) in [5, 5.41) is 3.35. The monoisotopic (exact) mass is 290 g/mol. The Balaban J connectivity index is 1.63. The summed E-state index contributed by atoms with van der Waals surface area (Å²) in [6.45, 7) is 2.41. The lowest BCUT2D eigenvalue weighted by Crippen LogP contribution is -2.37. The van der Waals surface area contributed by atoms with Gasteiger partial charge < -0.3 is 10.2 Å². The van der Waals surface area contributed by atoms with Crippen LogP contribution in [-0.2, 0) is 11.3 Å². The minimum atomic E-state index is -0.213. The molecule has 114 valence electrons. The molecule has 0 radical (unpaired) electrons. The van der Waals surface area contributed by atoms with E-state index in [-0.39, 0.29) is 11.7 Å². The second kappa shape index (κ2) is 6.56. The van der Waals surface area contributed by atoms with Gasteiger partial charge in [-0.05, 0) is 50.8 Å². The van der Waals surface area contributed by atoms with Crippen LogP contribution in [0.25, 0.3) is 0 Å². The molecule has 0 spiro atoms. The second-order valence-electron chi connectivity index (χ2n) is 6.26. The highest BCUT2D eigenvalue weighted by atomic mass is 19.1. The van der Waals surface area contributed by atoms with E-state index in [0.717, 1.165) is 38.8 Å². The molecule has 1 aliphatic heterocycles. The molecule has 0 aromatic heterocycles. The Morgan fingerprint density at radius 1 is 1.29 bits per heavy atom. The number of rotatable bonds is 5. The molecule has 2 aliphatic rings. The number of nitrogens with one attached hydrogen (secondary N) is 1. The summed E-state index contributed by atoms with van der Waals surface area (Å²) in [6.07, 6.45) is 4.98. The van der Waals surface area contributed by atoms with Crippen LogP contribution in [0, 0.1) is 11.7 Å². The van der Waals surface area contributed by atoms with Crippen molar-refractivity contribution >= 4 is 5.91 Å². The van der Waals surface area contributed by atoms with Gasteiger partial charge in [0, 0.05) is 24.6 Å². The van der Waals surface area contributed by atoms with Gasteiger partial charge in [-0.15, -0.1) is 0 Å². The number of hydrogen-bond acceptors (Lipinski definition) is 2. The highest BCUT2D eigenvalue weighted by Crippen LogP contribution is 2.30. The first kappa shape index (κ1) is 14.5. The summed E-state index contributed by atoms with van der Waals surface area (Å²) < 4.78 is 13.8. The predicted octanol–water partition coefficient (Wildman–Crippen LogP) is 2.71. The van der Waals surface area contributed by atoms with E-state index in [0.29, 0.717) is 30.5 Å². The fourth-order valence-corrected chi connectivity index (χ4v) is 3.08. The normalized spacial score (nSPS) is 22.0. The minimum Gasteiger partial charge on any atom is -0.335 e. The third-order valence-corrected chi connectivity index (χ3v) is 4.47. The second-order valence-corrected chi connectivity index (χ2v) is 6.26. The summed E-state index contributed by atoms with van der Waals surface area (Å²) >= 11 is 0. The molecule has 1 aromatic rings. The highest BCUT2D eigenvalue weighted by Gasteiger charge is 2.33. The topological polar surface area (TPSA) is 32.3 Å². The zero-order chi connectivity index (χ0) is 14.7. The van der Waals surface area contributed by atoms with Crippen molar-refractivity contribution in [3.05, 3.63) is 35.6 Å². The van der Waals surface area contributed by atoms with Crippen LogP contribution in [0.5, 0.6) is 0 Å². The van der Waals surface area contributed by atoms with Crippen molar-refractivity contribution in [2.24, 2.45) is 5.92 Å². The number of piperidine rings is 1.